The van der Waals surface area contributed by atoms with Gasteiger partial charge in [0, 0.05) is 17.8 Å². The van der Waals surface area contributed by atoms with E-state index in [2.05, 4.69) is 31.3 Å². The monoisotopic (exact) mass is 273 g/mol. The van der Waals surface area contributed by atoms with Gasteiger partial charge in [-0.05, 0) is 44.0 Å². The average Bonchev–Trinajstić information content (AvgIpc) is 2.42. The summed E-state index contributed by atoms with van der Waals surface area (Å²) in [5.74, 6) is -0.0459. The Morgan fingerprint density at radius 1 is 1.20 bits per heavy atom. The summed E-state index contributed by atoms with van der Waals surface area (Å²) >= 11 is 0. The number of nitrogens with one attached hydrogen (secondary N) is 1. The van der Waals surface area contributed by atoms with E-state index in [-0.39, 0.29) is 11.9 Å². The molecule has 3 heteroatoms. The van der Waals surface area contributed by atoms with Crippen LogP contribution < -0.4 is 10.1 Å². The van der Waals surface area contributed by atoms with Crippen molar-refractivity contribution in [1.29, 1.82) is 0 Å². The zero-order valence-electron chi connectivity index (χ0n) is 12.1. The fourth-order valence-electron chi connectivity index (χ4n) is 2.26. The van der Waals surface area contributed by atoms with Crippen molar-refractivity contribution >= 4 is 5.69 Å². The highest BCUT2D eigenvalue weighted by atomic mass is 19.1. The van der Waals surface area contributed by atoms with Crippen molar-refractivity contribution in [2.24, 2.45) is 0 Å². The smallest absolute Gasteiger partial charge is 0.167 e. The molecule has 0 aliphatic rings. The second kappa shape index (κ2) is 6.42. The first-order chi connectivity index (χ1) is 9.61. The number of hydrogen-bond acceptors (Lipinski definition) is 2. The van der Waals surface area contributed by atoms with E-state index in [0.717, 1.165) is 5.69 Å². The van der Waals surface area contributed by atoms with Gasteiger partial charge in [0.25, 0.3) is 0 Å². The normalized spacial score (nSPS) is 12.0. The number of benzene rings is 2. The van der Waals surface area contributed by atoms with Crippen LogP contribution in [-0.4, -0.2) is 6.61 Å². The van der Waals surface area contributed by atoms with E-state index in [9.17, 15) is 4.39 Å². The first kappa shape index (κ1) is 14.4. The predicted molar refractivity (Wildman–Crippen MR) is 80.8 cm³/mol. The molecule has 0 radical (unpaired) electrons. The topological polar surface area (TPSA) is 21.3 Å². The minimum atomic E-state index is -0.339. The lowest BCUT2D eigenvalue weighted by atomic mass is 10.0. The number of halogens is 1. The van der Waals surface area contributed by atoms with Gasteiger partial charge < -0.3 is 10.1 Å². The van der Waals surface area contributed by atoms with Crippen molar-refractivity contribution in [2.45, 2.75) is 26.8 Å². The molecule has 0 fully saturated rings. The summed E-state index contributed by atoms with van der Waals surface area (Å²) in [5.41, 5.74) is 3.18. The third-order valence-corrected chi connectivity index (χ3v) is 3.27. The molecule has 0 bridgehead atoms. The van der Waals surface area contributed by atoms with Crippen molar-refractivity contribution in [2.75, 3.05) is 11.9 Å². The van der Waals surface area contributed by atoms with Gasteiger partial charge in [0.15, 0.2) is 11.6 Å². The van der Waals surface area contributed by atoms with Gasteiger partial charge in [0.05, 0.1) is 6.61 Å². The van der Waals surface area contributed by atoms with Crippen LogP contribution in [-0.2, 0) is 0 Å². The molecule has 2 nitrogen and oxygen atoms in total. The third kappa shape index (κ3) is 3.29. The van der Waals surface area contributed by atoms with Gasteiger partial charge in [0.2, 0.25) is 0 Å². The maximum atomic E-state index is 13.8. The lowest BCUT2D eigenvalue weighted by Gasteiger charge is -2.18. The lowest BCUT2D eigenvalue weighted by Crippen LogP contribution is -2.08. The van der Waals surface area contributed by atoms with Crippen molar-refractivity contribution in [1.82, 2.24) is 0 Å². The largest absolute Gasteiger partial charge is 0.491 e. The maximum Gasteiger partial charge on any atom is 0.167 e. The Hall–Kier alpha value is -2.03. The molecule has 20 heavy (non-hydrogen) atoms. The molecule has 0 saturated carbocycles. The SMILES string of the molecule is CCOc1ccc(NC(C)c2ccccc2C)cc1F. The zero-order chi connectivity index (χ0) is 14.5. The highest BCUT2D eigenvalue weighted by Crippen LogP contribution is 2.25. The van der Waals surface area contributed by atoms with Crippen LogP contribution in [0.1, 0.15) is 31.0 Å². The summed E-state index contributed by atoms with van der Waals surface area (Å²) in [6.45, 7) is 6.44. The molecule has 2 aromatic rings. The molecule has 106 valence electrons. The Balaban J connectivity index is 2.14. The summed E-state index contributed by atoms with van der Waals surface area (Å²) in [5, 5.41) is 3.31. The van der Waals surface area contributed by atoms with Crippen LogP contribution in [0.3, 0.4) is 0 Å². The van der Waals surface area contributed by atoms with E-state index >= 15 is 0 Å². The van der Waals surface area contributed by atoms with E-state index in [1.807, 2.05) is 25.1 Å². The molecule has 2 aromatic carbocycles. The Kier molecular flexibility index (Phi) is 4.61. The molecular weight excluding hydrogens is 253 g/mol. The van der Waals surface area contributed by atoms with E-state index in [4.69, 9.17) is 4.74 Å². The van der Waals surface area contributed by atoms with Crippen molar-refractivity contribution in [3.8, 4) is 5.75 Å². The van der Waals surface area contributed by atoms with E-state index < -0.39 is 0 Å². The van der Waals surface area contributed by atoms with Crippen molar-refractivity contribution < 1.29 is 9.13 Å². The highest BCUT2D eigenvalue weighted by molar-refractivity contribution is 5.49. The van der Waals surface area contributed by atoms with Gasteiger partial charge in [-0.2, -0.15) is 0 Å². The number of ether oxygens (including phenoxy) is 1. The van der Waals surface area contributed by atoms with E-state index in [1.165, 1.54) is 17.2 Å². The van der Waals surface area contributed by atoms with Gasteiger partial charge in [-0.25, -0.2) is 4.39 Å². The van der Waals surface area contributed by atoms with Gasteiger partial charge in [-0.3, -0.25) is 0 Å². The van der Waals surface area contributed by atoms with E-state index in [0.29, 0.717) is 12.4 Å². The van der Waals surface area contributed by atoms with Gasteiger partial charge in [-0.1, -0.05) is 24.3 Å². The van der Waals surface area contributed by atoms with Crippen LogP contribution in [0.25, 0.3) is 0 Å². The van der Waals surface area contributed by atoms with Crippen LogP contribution in [0.4, 0.5) is 10.1 Å². The molecule has 0 amide bonds. The molecule has 0 aromatic heterocycles. The molecule has 2 rings (SSSR count). The molecule has 0 aliphatic carbocycles. The molecule has 0 spiro atoms. The number of aryl methyl sites for hydroxylation is 1. The first-order valence-corrected chi connectivity index (χ1v) is 6.86. The quantitative estimate of drug-likeness (QED) is 0.852. The minimum Gasteiger partial charge on any atom is -0.491 e. The molecule has 1 unspecified atom stereocenters. The zero-order valence-corrected chi connectivity index (χ0v) is 12.1. The molecule has 1 N–H and O–H groups in total. The Bertz CT molecular complexity index is 583. The summed E-state index contributed by atoms with van der Waals surface area (Å²) < 4.78 is 19.0. The second-order valence-electron chi connectivity index (χ2n) is 4.80. The number of hydrogen-bond donors (Lipinski definition) is 1. The van der Waals surface area contributed by atoms with Crippen molar-refractivity contribution in [3.05, 3.63) is 59.4 Å². The average molecular weight is 273 g/mol. The summed E-state index contributed by atoms with van der Waals surface area (Å²) in [6, 6.07) is 13.3. The lowest BCUT2D eigenvalue weighted by molar-refractivity contribution is 0.321. The van der Waals surface area contributed by atoms with Crippen LogP contribution in [0.15, 0.2) is 42.5 Å². The maximum absolute atomic E-state index is 13.8. The van der Waals surface area contributed by atoms with Gasteiger partial charge >= 0.3 is 0 Å². The number of rotatable bonds is 5. The third-order valence-electron chi connectivity index (χ3n) is 3.27. The molecular formula is C17H20FNO. The minimum absolute atomic E-state index is 0.119. The van der Waals surface area contributed by atoms with Crippen LogP contribution in [0, 0.1) is 12.7 Å². The Morgan fingerprint density at radius 3 is 2.60 bits per heavy atom. The summed E-state index contributed by atoms with van der Waals surface area (Å²) in [6.07, 6.45) is 0. The van der Waals surface area contributed by atoms with E-state index in [1.54, 1.807) is 6.07 Å². The number of anilines is 1. The Labute approximate surface area is 119 Å². The molecule has 1 atom stereocenters. The van der Waals surface area contributed by atoms with Gasteiger partial charge in [-0.15, -0.1) is 0 Å². The fourth-order valence-corrected chi connectivity index (χ4v) is 2.26. The molecule has 0 heterocycles. The standard InChI is InChI=1S/C17H20FNO/c1-4-20-17-10-9-14(11-16(17)18)19-13(3)15-8-6-5-7-12(15)2/h5-11,13,19H,4H2,1-3H3. The van der Waals surface area contributed by atoms with Crippen LogP contribution in [0.5, 0.6) is 5.75 Å². The predicted octanol–water partition coefficient (Wildman–Crippen LogP) is 4.71. The van der Waals surface area contributed by atoms with Gasteiger partial charge in [0.1, 0.15) is 0 Å². The second-order valence-corrected chi connectivity index (χ2v) is 4.80. The summed E-state index contributed by atoms with van der Waals surface area (Å²) in [7, 11) is 0. The Morgan fingerprint density at radius 2 is 1.95 bits per heavy atom. The van der Waals surface area contributed by atoms with Crippen molar-refractivity contribution in [3.63, 3.8) is 0 Å². The first-order valence-electron chi connectivity index (χ1n) is 6.86. The molecule has 0 aliphatic heterocycles. The van der Waals surface area contributed by atoms with Crippen LogP contribution in [0.2, 0.25) is 0 Å². The fraction of sp³-hybridized carbons (Fsp3) is 0.294. The van der Waals surface area contributed by atoms with Crippen LogP contribution >= 0.6 is 0 Å². The highest BCUT2D eigenvalue weighted by Gasteiger charge is 2.09. The molecule has 0 saturated heterocycles. The summed E-state index contributed by atoms with van der Waals surface area (Å²) in [4.78, 5) is 0.